The smallest absolute Gasteiger partial charge is 0.407 e. The lowest BCUT2D eigenvalue weighted by Gasteiger charge is -2.23. The number of halogens is 1. The van der Waals surface area contributed by atoms with E-state index in [4.69, 9.17) is 21.1 Å². The molecule has 2 aromatic rings. The molecule has 5 nitrogen and oxygen atoms in total. The average Bonchev–Trinajstić information content (AvgIpc) is 2.67. The molecule has 0 unspecified atom stereocenters. The predicted octanol–water partition coefficient (Wildman–Crippen LogP) is 5.57. The Morgan fingerprint density at radius 1 is 1.14 bits per heavy atom. The lowest BCUT2D eigenvalue weighted by atomic mass is 10.1. The summed E-state index contributed by atoms with van der Waals surface area (Å²) in [5.74, 6) is 1.02. The number of nitrogens with one attached hydrogen (secondary N) is 1. The van der Waals surface area contributed by atoms with E-state index in [2.05, 4.69) is 28.4 Å². The van der Waals surface area contributed by atoms with Crippen LogP contribution in [-0.4, -0.2) is 32.4 Å². The summed E-state index contributed by atoms with van der Waals surface area (Å²) in [5, 5.41) is 3.12. The molecule has 0 fully saturated rings. The van der Waals surface area contributed by atoms with E-state index in [-0.39, 0.29) is 11.7 Å². The molecule has 3 rings (SSSR count). The van der Waals surface area contributed by atoms with E-state index < -0.39 is 0 Å². The van der Waals surface area contributed by atoms with Crippen LogP contribution in [-0.2, 0) is 11.2 Å². The number of anilines is 2. The van der Waals surface area contributed by atoms with Gasteiger partial charge in [-0.3, -0.25) is 0 Å². The van der Waals surface area contributed by atoms with Crippen LogP contribution < -0.4 is 15.0 Å². The summed E-state index contributed by atoms with van der Waals surface area (Å²) >= 11 is 5.92. The molecule has 0 saturated carbocycles. The average molecular weight is 405 g/mol. The number of benzene rings is 2. The topological polar surface area (TPSA) is 50.8 Å². The predicted molar refractivity (Wildman–Crippen MR) is 115 cm³/mol. The minimum absolute atomic E-state index is 0.387. The second kappa shape index (κ2) is 9.69. The van der Waals surface area contributed by atoms with Gasteiger partial charge in [0.15, 0.2) is 0 Å². The van der Waals surface area contributed by atoms with Crippen LogP contribution in [0, 0.1) is 0 Å². The van der Waals surface area contributed by atoms with Gasteiger partial charge in [0, 0.05) is 36.6 Å². The zero-order valence-corrected chi connectivity index (χ0v) is 18.0. The highest BCUT2D eigenvalue weighted by atomic mass is 35.5. The number of aryl methyl sites for hydroxylation is 1. The molecular weight excluding hydrogens is 376 g/mol. The zero-order chi connectivity index (χ0) is 20.7. The van der Waals surface area contributed by atoms with E-state index in [9.17, 15) is 4.79 Å². The largest absolute Gasteiger partial charge is 0.493 e. The maximum atomic E-state index is 10.5. The Morgan fingerprint density at radius 2 is 1.79 bits per heavy atom. The Bertz CT molecular complexity index is 785. The number of nitrogens with zero attached hydrogens (tertiary/aromatic N) is 1. The first kappa shape index (κ1) is 21.9. The fourth-order valence-electron chi connectivity index (χ4n) is 2.68. The number of rotatable bonds is 2. The van der Waals surface area contributed by atoms with Gasteiger partial charge in [0.25, 0.3) is 0 Å². The molecule has 0 spiro atoms. The van der Waals surface area contributed by atoms with Gasteiger partial charge in [-0.1, -0.05) is 17.7 Å². The summed E-state index contributed by atoms with van der Waals surface area (Å²) in [6.07, 6.45) is 1.84. The summed E-state index contributed by atoms with van der Waals surface area (Å²) in [6.45, 7) is 6.29. The molecule has 0 aliphatic carbocycles. The molecule has 0 bridgehead atoms. The van der Waals surface area contributed by atoms with Gasteiger partial charge in [-0.2, -0.15) is 0 Å². The molecule has 1 aliphatic heterocycles. The van der Waals surface area contributed by atoms with Crippen molar-refractivity contribution in [3.8, 4) is 5.75 Å². The van der Waals surface area contributed by atoms with Crippen LogP contribution in [0.25, 0.3) is 0 Å². The number of alkyl carbamates (subject to hydrolysis) is 1. The number of hydrogen-bond acceptors (Lipinski definition) is 4. The van der Waals surface area contributed by atoms with Crippen LogP contribution in [0.1, 0.15) is 32.8 Å². The molecule has 152 valence electrons. The molecule has 2 aromatic carbocycles. The standard InChI is InChI=1S/C16H16ClNO.C6H13NO2/c1-18(14-8-5-13(17)6-9-14)15-7-4-12-3-2-10-19-16(12)11-15;1-6(2,3)9-5(8)7-4/h4-9,11H,2-3,10H2,1H3;1-4H3,(H,7,8). The van der Waals surface area contributed by atoms with E-state index in [1.54, 1.807) is 0 Å². The van der Waals surface area contributed by atoms with Crippen molar-refractivity contribution in [2.24, 2.45) is 0 Å². The molecule has 0 atom stereocenters. The second-order valence-corrected chi connectivity index (χ2v) is 7.97. The van der Waals surface area contributed by atoms with Gasteiger partial charge in [0.05, 0.1) is 6.61 Å². The van der Waals surface area contributed by atoms with Crippen molar-refractivity contribution in [1.29, 1.82) is 0 Å². The summed E-state index contributed by atoms with van der Waals surface area (Å²) < 4.78 is 10.6. The van der Waals surface area contributed by atoms with Crippen molar-refractivity contribution in [2.45, 2.75) is 39.2 Å². The first-order chi connectivity index (χ1) is 13.2. The molecule has 0 radical (unpaired) electrons. The Hall–Kier alpha value is -2.40. The van der Waals surface area contributed by atoms with E-state index in [0.29, 0.717) is 0 Å². The van der Waals surface area contributed by atoms with Gasteiger partial charge < -0.3 is 19.7 Å². The Labute approximate surface area is 172 Å². The maximum Gasteiger partial charge on any atom is 0.407 e. The summed E-state index contributed by atoms with van der Waals surface area (Å²) in [4.78, 5) is 12.6. The molecule has 1 aliphatic rings. The molecule has 1 heterocycles. The van der Waals surface area contributed by atoms with Gasteiger partial charge in [0.1, 0.15) is 11.4 Å². The van der Waals surface area contributed by atoms with E-state index in [1.165, 1.54) is 12.6 Å². The SMILES string of the molecule is CN(c1ccc(Cl)cc1)c1ccc2c(c1)OCCC2.CNC(=O)OC(C)(C)C. The van der Waals surface area contributed by atoms with Crippen molar-refractivity contribution in [3.05, 3.63) is 53.1 Å². The van der Waals surface area contributed by atoms with Crippen molar-refractivity contribution < 1.29 is 14.3 Å². The number of carbonyl (C=O) groups is 1. The van der Waals surface area contributed by atoms with Gasteiger partial charge >= 0.3 is 6.09 Å². The number of fused-ring (bicyclic) bond motifs is 1. The maximum absolute atomic E-state index is 10.5. The van der Waals surface area contributed by atoms with Crippen LogP contribution in [0.5, 0.6) is 5.75 Å². The normalized spacial score (nSPS) is 12.6. The molecule has 1 N–H and O–H groups in total. The van der Waals surface area contributed by atoms with Crippen LogP contribution in [0.4, 0.5) is 16.2 Å². The molecule has 1 amide bonds. The fraction of sp³-hybridized carbons (Fsp3) is 0.409. The van der Waals surface area contributed by atoms with Crippen molar-refractivity contribution >= 4 is 29.1 Å². The van der Waals surface area contributed by atoms with E-state index in [0.717, 1.165) is 41.6 Å². The number of amides is 1. The van der Waals surface area contributed by atoms with Gasteiger partial charge in [-0.15, -0.1) is 0 Å². The molecule has 6 heteroatoms. The highest BCUT2D eigenvalue weighted by Crippen LogP contribution is 2.32. The van der Waals surface area contributed by atoms with Crippen molar-refractivity contribution in [3.63, 3.8) is 0 Å². The molecular formula is C22H29ClN2O3. The van der Waals surface area contributed by atoms with Crippen LogP contribution in [0.2, 0.25) is 5.02 Å². The number of carbonyl (C=O) groups excluding carboxylic acids is 1. The minimum atomic E-state index is -0.389. The summed E-state index contributed by atoms with van der Waals surface area (Å²) in [6, 6.07) is 14.3. The third kappa shape index (κ3) is 6.64. The third-order valence-corrected chi connectivity index (χ3v) is 4.35. The summed E-state index contributed by atoms with van der Waals surface area (Å²) in [5.41, 5.74) is 3.16. The lowest BCUT2D eigenvalue weighted by Crippen LogP contribution is -2.30. The quantitative estimate of drug-likeness (QED) is 0.710. The highest BCUT2D eigenvalue weighted by Gasteiger charge is 2.14. The Morgan fingerprint density at radius 3 is 2.36 bits per heavy atom. The first-order valence-electron chi connectivity index (χ1n) is 9.35. The highest BCUT2D eigenvalue weighted by molar-refractivity contribution is 6.30. The molecule has 0 saturated heterocycles. The lowest BCUT2D eigenvalue weighted by molar-refractivity contribution is 0.0541. The van der Waals surface area contributed by atoms with Crippen LogP contribution in [0.15, 0.2) is 42.5 Å². The molecule has 28 heavy (non-hydrogen) atoms. The van der Waals surface area contributed by atoms with E-state index in [1.807, 2.05) is 52.1 Å². The second-order valence-electron chi connectivity index (χ2n) is 7.53. The first-order valence-corrected chi connectivity index (χ1v) is 9.73. The fourth-order valence-corrected chi connectivity index (χ4v) is 2.81. The van der Waals surface area contributed by atoms with Crippen molar-refractivity contribution in [1.82, 2.24) is 5.32 Å². The number of hydrogen-bond donors (Lipinski definition) is 1. The Kier molecular flexibility index (Phi) is 7.58. The minimum Gasteiger partial charge on any atom is -0.493 e. The zero-order valence-electron chi connectivity index (χ0n) is 17.2. The third-order valence-electron chi connectivity index (χ3n) is 4.10. The van der Waals surface area contributed by atoms with Crippen LogP contribution >= 0.6 is 11.6 Å². The van der Waals surface area contributed by atoms with Crippen molar-refractivity contribution in [2.75, 3.05) is 25.6 Å². The van der Waals surface area contributed by atoms with Gasteiger partial charge in [-0.05, 0) is 69.5 Å². The van der Waals surface area contributed by atoms with Gasteiger partial charge in [-0.25, -0.2) is 4.79 Å². The van der Waals surface area contributed by atoms with Crippen LogP contribution in [0.3, 0.4) is 0 Å². The van der Waals surface area contributed by atoms with Gasteiger partial charge in [0.2, 0.25) is 0 Å². The number of ether oxygens (including phenoxy) is 2. The molecule has 0 aromatic heterocycles. The Balaban J connectivity index is 0.000000266. The monoisotopic (exact) mass is 404 g/mol. The van der Waals surface area contributed by atoms with E-state index >= 15 is 0 Å². The summed E-state index contributed by atoms with van der Waals surface area (Å²) in [7, 11) is 3.59.